The third-order valence-corrected chi connectivity index (χ3v) is 4.90. The highest BCUT2D eigenvalue weighted by Gasteiger charge is 2.18. The molecule has 1 amide bonds. The van der Waals surface area contributed by atoms with E-state index >= 15 is 0 Å². The van der Waals surface area contributed by atoms with Crippen molar-refractivity contribution in [1.29, 1.82) is 0 Å². The predicted octanol–water partition coefficient (Wildman–Crippen LogP) is 4.80. The van der Waals surface area contributed by atoms with E-state index in [1.54, 1.807) is 32.2 Å². The molecule has 0 fully saturated rings. The predicted molar refractivity (Wildman–Crippen MR) is 107 cm³/mol. The van der Waals surface area contributed by atoms with Gasteiger partial charge in [-0.05, 0) is 42.1 Å². The number of ether oxygens (including phenoxy) is 2. The van der Waals surface area contributed by atoms with Crippen LogP contribution in [0.5, 0.6) is 11.5 Å². The molecular formula is C20H18N2O5S. The minimum absolute atomic E-state index is 0.133. The van der Waals surface area contributed by atoms with E-state index in [0.29, 0.717) is 23.0 Å². The minimum Gasteiger partial charge on any atom is -0.497 e. The van der Waals surface area contributed by atoms with Crippen LogP contribution in [-0.4, -0.2) is 17.9 Å². The standard InChI is InChI=1S/C20H18N2O5S/c1-13-6-7-17(18(8-13)22(24)25)21-20(23)19-9-14(12-28-19)11-27-16-5-3-4-15(10-16)26-2/h3-10,12H,11H2,1-2H3,(H,21,23). The van der Waals surface area contributed by atoms with Gasteiger partial charge in [0.15, 0.2) is 0 Å². The molecule has 0 saturated heterocycles. The summed E-state index contributed by atoms with van der Waals surface area (Å²) in [7, 11) is 1.58. The second-order valence-electron chi connectivity index (χ2n) is 6.02. The SMILES string of the molecule is COc1cccc(OCc2csc(C(=O)Nc3ccc(C)cc3[N+](=O)[O-])c2)c1. The number of nitro groups is 1. The number of nitro benzene ring substituents is 1. The Bertz CT molecular complexity index is 1020. The molecule has 0 aliphatic rings. The van der Waals surface area contributed by atoms with E-state index in [0.717, 1.165) is 11.1 Å². The Hall–Kier alpha value is -3.39. The Morgan fingerprint density at radius 3 is 2.71 bits per heavy atom. The van der Waals surface area contributed by atoms with Crippen molar-refractivity contribution in [3.8, 4) is 11.5 Å². The normalized spacial score (nSPS) is 10.4. The smallest absolute Gasteiger partial charge is 0.293 e. The van der Waals surface area contributed by atoms with E-state index in [2.05, 4.69) is 5.32 Å². The lowest BCUT2D eigenvalue weighted by atomic mass is 10.2. The molecular weight excluding hydrogens is 380 g/mol. The molecule has 7 nitrogen and oxygen atoms in total. The number of aryl methyl sites for hydroxylation is 1. The first kappa shape index (κ1) is 19.4. The van der Waals surface area contributed by atoms with E-state index in [9.17, 15) is 14.9 Å². The van der Waals surface area contributed by atoms with Crippen molar-refractivity contribution in [3.05, 3.63) is 80.0 Å². The number of amides is 1. The largest absolute Gasteiger partial charge is 0.497 e. The Labute approximate surface area is 165 Å². The first-order chi connectivity index (χ1) is 13.5. The lowest BCUT2D eigenvalue weighted by molar-refractivity contribution is -0.384. The van der Waals surface area contributed by atoms with Crippen LogP contribution in [0.15, 0.2) is 53.9 Å². The van der Waals surface area contributed by atoms with Gasteiger partial charge in [-0.1, -0.05) is 12.1 Å². The molecule has 0 radical (unpaired) electrons. The van der Waals surface area contributed by atoms with Gasteiger partial charge in [0.1, 0.15) is 23.8 Å². The lowest BCUT2D eigenvalue weighted by Gasteiger charge is -2.06. The number of nitrogens with one attached hydrogen (secondary N) is 1. The Kier molecular flexibility index (Phi) is 5.90. The van der Waals surface area contributed by atoms with Crippen LogP contribution < -0.4 is 14.8 Å². The van der Waals surface area contributed by atoms with Crippen LogP contribution in [0, 0.1) is 17.0 Å². The van der Waals surface area contributed by atoms with E-state index in [1.165, 1.54) is 23.5 Å². The van der Waals surface area contributed by atoms with E-state index in [1.807, 2.05) is 23.6 Å². The summed E-state index contributed by atoms with van der Waals surface area (Å²) in [6.45, 7) is 2.05. The molecule has 1 aromatic heterocycles. The average Bonchev–Trinajstić information content (AvgIpc) is 3.17. The molecule has 0 unspecified atom stereocenters. The van der Waals surface area contributed by atoms with Gasteiger partial charge < -0.3 is 14.8 Å². The van der Waals surface area contributed by atoms with Crippen LogP contribution >= 0.6 is 11.3 Å². The summed E-state index contributed by atoms with van der Waals surface area (Å²) in [6, 6.07) is 13.6. The van der Waals surface area contributed by atoms with Crippen LogP contribution in [0.25, 0.3) is 0 Å². The van der Waals surface area contributed by atoms with Gasteiger partial charge in [-0.25, -0.2) is 0 Å². The number of benzene rings is 2. The molecule has 3 aromatic rings. The van der Waals surface area contributed by atoms with Gasteiger partial charge >= 0.3 is 0 Å². The van der Waals surface area contributed by atoms with Gasteiger partial charge in [0.05, 0.1) is 16.9 Å². The first-order valence-corrected chi connectivity index (χ1v) is 9.25. The molecule has 0 spiro atoms. The molecule has 1 heterocycles. The van der Waals surface area contributed by atoms with E-state index in [4.69, 9.17) is 9.47 Å². The van der Waals surface area contributed by atoms with Crippen molar-refractivity contribution in [1.82, 2.24) is 0 Å². The molecule has 0 bridgehead atoms. The maximum absolute atomic E-state index is 12.5. The number of hydrogen-bond donors (Lipinski definition) is 1. The fourth-order valence-electron chi connectivity index (χ4n) is 2.51. The van der Waals surface area contributed by atoms with Crippen LogP contribution in [-0.2, 0) is 6.61 Å². The van der Waals surface area contributed by atoms with Gasteiger partial charge in [0, 0.05) is 17.7 Å². The van der Waals surface area contributed by atoms with Gasteiger partial charge in [0.2, 0.25) is 0 Å². The summed E-state index contributed by atoms with van der Waals surface area (Å²) >= 11 is 1.25. The molecule has 8 heteroatoms. The van der Waals surface area contributed by atoms with Crippen LogP contribution in [0.3, 0.4) is 0 Å². The van der Waals surface area contributed by atoms with Gasteiger partial charge in [-0.3, -0.25) is 14.9 Å². The maximum atomic E-state index is 12.5. The summed E-state index contributed by atoms with van der Waals surface area (Å²) in [5.74, 6) is 0.957. The Morgan fingerprint density at radius 2 is 1.96 bits per heavy atom. The number of anilines is 1. The van der Waals surface area contributed by atoms with Gasteiger partial charge in [-0.2, -0.15) is 0 Å². The number of carbonyl (C=O) groups is 1. The summed E-state index contributed by atoms with van der Waals surface area (Å²) < 4.78 is 10.9. The van der Waals surface area contributed by atoms with Gasteiger partial charge in [-0.15, -0.1) is 11.3 Å². The summed E-state index contributed by atoms with van der Waals surface area (Å²) in [4.78, 5) is 23.6. The second kappa shape index (κ2) is 8.53. The zero-order valence-electron chi connectivity index (χ0n) is 15.3. The van der Waals surface area contributed by atoms with E-state index < -0.39 is 10.8 Å². The zero-order chi connectivity index (χ0) is 20.1. The van der Waals surface area contributed by atoms with Crippen LogP contribution in [0.4, 0.5) is 11.4 Å². The van der Waals surface area contributed by atoms with Crippen molar-refractivity contribution in [3.63, 3.8) is 0 Å². The Balaban J connectivity index is 1.66. The highest BCUT2D eigenvalue weighted by Crippen LogP contribution is 2.27. The number of carbonyl (C=O) groups excluding carboxylic acids is 1. The summed E-state index contributed by atoms with van der Waals surface area (Å²) in [6.07, 6.45) is 0. The zero-order valence-corrected chi connectivity index (χ0v) is 16.1. The summed E-state index contributed by atoms with van der Waals surface area (Å²) in [5.41, 5.74) is 1.61. The first-order valence-electron chi connectivity index (χ1n) is 8.37. The molecule has 0 aliphatic carbocycles. The quantitative estimate of drug-likeness (QED) is 0.456. The molecule has 144 valence electrons. The average molecular weight is 398 g/mol. The van der Waals surface area contributed by atoms with Crippen molar-refractivity contribution < 1.29 is 19.2 Å². The van der Waals surface area contributed by atoms with Crippen molar-refractivity contribution in [2.45, 2.75) is 13.5 Å². The third-order valence-electron chi connectivity index (χ3n) is 3.92. The fraction of sp³-hybridized carbons (Fsp3) is 0.150. The van der Waals surface area contributed by atoms with Crippen molar-refractivity contribution in [2.24, 2.45) is 0 Å². The highest BCUT2D eigenvalue weighted by atomic mass is 32.1. The van der Waals surface area contributed by atoms with E-state index in [-0.39, 0.29) is 11.4 Å². The molecule has 1 N–H and O–H groups in total. The van der Waals surface area contributed by atoms with Crippen LogP contribution in [0.2, 0.25) is 0 Å². The number of methoxy groups -OCH3 is 1. The molecule has 0 saturated carbocycles. The molecule has 3 rings (SSSR count). The molecule has 2 aromatic carbocycles. The number of thiophene rings is 1. The van der Waals surface area contributed by atoms with Crippen molar-refractivity contribution in [2.75, 3.05) is 12.4 Å². The minimum atomic E-state index is -0.509. The molecule has 28 heavy (non-hydrogen) atoms. The maximum Gasteiger partial charge on any atom is 0.293 e. The number of nitrogens with zero attached hydrogens (tertiary/aromatic N) is 1. The number of hydrogen-bond acceptors (Lipinski definition) is 6. The van der Waals surface area contributed by atoms with Gasteiger partial charge in [0.25, 0.3) is 11.6 Å². The lowest BCUT2D eigenvalue weighted by Crippen LogP contribution is -2.11. The monoisotopic (exact) mass is 398 g/mol. The Morgan fingerprint density at radius 1 is 1.18 bits per heavy atom. The molecule has 0 atom stereocenters. The molecule has 0 aliphatic heterocycles. The highest BCUT2D eigenvalue weighted by molar-refractivity contribution is 7.12. The summed E-state index contributed by atoms with van der Waals surface area (Å²) in [5, 5.41) is 15.6. The van der Waals surface area contributed by atoms with Crippen molar-refractivity contribution >= 4 is 28.6 Å². The number of rotatable bonds is 7. The topological polar surface area (TPSA) is 90.7 Å². The fourth-order valence-corrected chi connectivity index (χ4v) is 3.30. The second-order valence-corrected chi connectivity index (χ2v) is 6.93. The third kappa shape index (κ3) is 4.66. The van der Waals surface area contributed by atoms with Crippen LogP contribution in [0.1, 0.15) is 20.8 Å².